The van der Waals surface area contributed by atoms with E-state index in [1.54, 1.807) is 0 Å². The van der Waals surface area contributed by atoms with Crippen molar-refractivity contribution in [2.24, 2.45) is 5.92 Å². The molecule has 2 unspecified atom stereocenters. The van der Waals surface area contributed by atoms with E-state index in [1.807, 2.05) is 26.0 Å². The van der Waals surface area contributed by atoms with Crippen LogP contribution >= 0.6 is 0 Å². The topological polar surface area (TPSA) is 59.3 Å². The van der Waals surface area contributed by atoms with Crippen LogP contribution in [0, 0.1) is 5.92 Å². The summed E-state index contributed by atoms with van der Waals surface area (Å²) in [5.74, 6) is 2.53. The molecule has 5 heteroatoms. The van der Waals surface area contributed by atoms with Gasteiger partial charge in [-0.1, -0.05) is 13.8 Å². The highest BCUT2D eigenvalue weighted by Crippen LogP contribution is 2.32. The third kappa shape index (κ3) is 2.95. The fourth-order valence-electron chi connectivity index (χ4n) is 2.56. The summed E-state index contributed by atoms with van der Waals surface area (Å²) in [7, 11) is -2.85. The molecular weight excluding hydrogens is 250 g/mol. The molecule has 102 valence electrons. The highest BCUT2D eigenvalue weighted by molar-refractivity contribution is 7.91. The van der Waals surface area contributed by atoms with Gasteiger partial charge in [-0.25, -0.2) is 8.42 Å². The summed E-state index contributed by atoms with van der Waals surface area (Å²) in [5.41, 5.74) is 0. The van der Waals surface area contributed by atoms with E-state index in [0.717, 1.165) is 30.9 Å². The Morgan fingerprint density at radius 2 is 2.22 bits per heavy atom. The number of furan rings is 1. The molecule has 0 aliphatic carbocycles. The van der Waals surface area contributed by atoms with Crippen LogP contribution in [0.15, 0.2) is 16.5 Å². The molecule has 0 spiro atoms. The maximum atomic E-state index is 11.6. The number of hydrogen-bond acceptors (Lipinski definition) is 4. The summed E-state index contributed by atoms with van der Waals surface area (Å²) >= 11 is 0. The second-order valence-corrected chi connectivity index (χ2v) is 7.08. The fourth-order valence-corrected chi connectivity index (χ4v) is 4.40. The van der Waals surface area contributed by atoms with Gasteiger partial charge in [-0.05, 0) is 31.0 Å². The van der Waals surface area contributed by atoms with Crippen LogP contribution < -0.4 is 5.32 Å². The van der Waals surface area contributed by atoms with Gasteiger partial charge in [-0.15, -0.1) is 0 Å². The lowest BCUT2D eigenvalue weighted by Gasteiger charge is -2.21. The zero-order valence-electron chi connectivity index (χ0n) is 11.0. The SMILES string of the molecule is CCNC(c1ccc(CC)o1)C1CCS(=O)(=O)C1. The van der Waals surface area contributed by atoms with E-state index in [2.05, 4.69) is 5.32 Å². The van der Waals surface area contributed by atoms with E-state index >= 15 is 0 Å². The number of nitrogens with one attached hydrogen (secondary N) is 1. The van der Waals surface area contributed by atoms with E-state index < -0.39 is 9.84 Å². The van der Waals surface area contributed by atoms with Gasteiger partial charge in [0.05, 0.1) is 17.5 Å². The van der Waals surface area contributed by atoms with E-state index in [-0.39, 0.29) is 17.7 Å². The van der Waals surface area contributed by atoms with Crippen LogP contribution in [0.5, 0.6) is 0 Å². The number of rotatable bonds is 5. The highest BCUT2D eigenvalue weighted by atomic mass is 32.2. The van der Waals surface area contributed by atoms with Crippen LogP contribution in [-0.4, -0.2) is 26.5 Å². The van der Waals surface area contributed by atoms with Gasteiger partial charge in [0.1, 0.15) is 11.5 Å². The molecule has 18 heavy (non-hydrogen) atoms. The Hall–Kier alpha value is -0.810. The van der Waals surface area contributed by atoms with Gasteiger partial charge >= 0.3 is 0 Å². The minimum absolute atomic E-state index is 0.0209. The highest BCUT2D eigenvalue weighted by Gasteiger charge is 2.35. The van der Waals surface area contributed by atoms with E-state index in [4.69, 9.17) is 4.42 Å². The Bertz CT molecular complexity index is 492. The minimum atomic E-state index is -2.85. The first-order valence-electron chi connectivity index (χ1n) is 6.58. The first-order chi connectivity index (χ1) is 8.55. The van der Waals surface area contributed by atoms with Crippen LogP contribution in [0.4, 0.5) is 0 Å². The molecule has 0 amide bonds. The second kappa shape index (κ2) is 5.45. The molecule has 2 atom stereocenters. The zero-order chi connectivity index (χ0) is 13.2. The van der Waals surface area contributed by atoms with Gasteiger partial charge in [0.25, 0.3) is 0 Å². The molecule has 0 bridgehead atoms. The van der Waals surface area contributed by atoms with Crippen molar-refractivity contribution in [3.8, 4) is 0 Å². The molecule has 1 aliphatic heterocycles. The average molecular weight is 271 g/mol. The predicted octanol–water partition coefficient (Wildman–Crippen LogP) is 1.93. The molecular formula is C13H21NO3S. The molecule has 0 aromatic carbocycles. The Morgan fingerprint density at radius 3 is 2.72 bits per heavy atom. The lowest BCUT2D eigenvalue weighted by atomic mass is 9.97. The van der Waals surface area contributed by atoms with Crippen molar-refractivity contribution >= 4 is 9.84 Å². The molecule has 2 rings (SSSR count). The van der Waals surface area contributed by atoms with Crippen LogP contribution in [0.2, 0.25) is 0 Å². The minimum Gasteiger partial charge on any atom is -0.464 e. The normalized spacial score (nSPS) is 24.2. The van der Waals surface area contributed by atoms with E-state index in [1.165, 1.54) is 0 Å². The van der Waals surface area contributed by atoms with Gasteiger partial charge in [0.2, 0.25) is 0 Å². The molecule has 1 aliphatic rings. The zero-order valence-corrected chi connectivity index (χ0v) is 11.8. The van der Waals surface area contributed by atoms with Crippen molar-refractivity contribution in [1.29, 1.82) is 0 Å². The van der Waals surface area contributed by atoms with Gasteiger partial charge in [0.15, 0.2) is 9.84 Å². The van der Waals surface area contributed by atoms with Crippen LogP contribution in [-0.2, 0) is 16.3 Å². The van der Waals surface area contributed by atoms with Crippen molar-refractivity contribution in [1.82, 2.24) is 5.32 Å². The number of aryl methyl sites for hydroxylation is 1. The first-order valence-corrected chi connectivity index (χ1v) is 8.40. The molecule has 1 N–H and O–H groups in total. The summed E-state index contributed by atoms with van der Waals surface area (Å²) < 4.78 is 28.9. The van der Waals surface area contributed by atoms with E-state index in [9.17, 15) is 8.42 Å². The first kappa shape index (κ1) is 13.6. The number of hydrogen-bond donors (Lipinski definition) is 1. The van der Waals surface area contributed by atoms with Crippen molar-refractivity contribution in [2.45, 2.75) is 32.7 Å². The molecule has 1 saturated heterocycles. The standard InChI is InChI=1S/C13H21NO3S/c1-3-11-5-6-12(17-11)13(14-4-2)10-7-8-18(15,16)9-10/h5-6,10,13-14H,3-4,7-9H2,1-2H3. The largest absolute Gasteiger partial charge is 0.464 e. The molecule has 0 saturated carbocycles. The number of sulfone groups is 1. The summed E-state index contributed by atoms with van der Waals surface area (Å²) in [6, 6.07) is 3.97. The Morgan fingerprint density at radius 1 is 1.44 bits per heavy atom. The van der Waals surface area contributed by atoms with Gasteiger partial charge in [0, 0.05) is 6.42 Å². The Balaban J connectivity index is 2.18. The van der Waals surface area contributed by atoms with Crippen LogP contribution in [0.1, 0.15) is 37.8 Å². The molecule has 1 aromatic rings. The smallest absolute Gasteiger partial charge is 0.150 e. The van der Waals surface area contributed by atoms with Crippen molar-refractivity contribution in [3.63, 3.8) is 0 Å². The molecule has 1 aromatic heterocycles. The third-order valence-electron chi connectivity index (χ3n) is 3.50. The predicted molar refractivity (Wildman–Crippen MR) is 71.3 cm³/mol. The third-order valence-corrected chi connectivity index (χ3v) is 5.29. The summed E-state index contributed by atoms with van der Waals surface area (Å²) in [6.45, 7) is 4.88. The quantitative estimate of drug-likeness (QED) is 0.889. The Labute approximate surface area is 109 Å². The molecule has 4 nitrogen and oxygen atoms in total. The maximum Gasteiger partial charge on any atom is 0.150 e. The Kier molecular flexibility index (Phi) is 4.12. The lowest BCUT2D eigenvalue weighted by molar-refractivity contribution is 0.326. The summed E-state index contributed by atoms with van der Waals surface area (Å²) in [6.07, 6.45) is 1.59. The van der Waals surface area contributed by atoms with E-state index in [0.29, 0.717) is 5.75 Å². The molecule has 0 radical (unpaired) electrons. The maximum absolute atomic E-state index is 11.6. The fraction of sp³-hybridized carbons (Fsp3) is 0.692. The van der Waals surface area contributed by atoms with Gasteiger partial charge in [-0.3, -0.25) is 0 Å². The average Bonchev–Trinajstić information content (AvgIpc) is 2.92. The van der Waals surface area contributed by atoms with Crippen molar-refractivity contribution in [3.05, 3.63) is 23.7 Å². The summed E-state index contributed by atoms with van der Waals surface area (Å²) in [5, 5.41) is 3.36. The summed E-state index contributed by atoms with van der Waals surface area (Å²) in [4.78, 5) is 0. The lowest BCUT2D eigenvalue weighted by Crippen LogP contribution is -2.28. The monoisotopic (exact) mass is 271 g/mol. The van der Waals surface area contributed by atoms with Crippen LogP contribution in [0.3, 0.4) is 0 Å². The van der Waals surface area contributed by atoms with Crippen molar-refractivity contribution in [2.75, 3.05) is 18.1 Å². The van der Waals surface area contributed by atoms with Crippen LogP contribution in [0.25, 0.3) is 0 Å². The second-order valence-electron chi connectivity index (χ2n) is 4.86. The van der Waals surface area contributed by atoms with Gasteiger partial charge in [-0.2, -0.15) is 0 Å². The van der Waals surface area contributed by atoms with Crippen molar-refractivity contribution < 1.29 is 12.8 Å². The molecule has 1 fully saturated rings. The van der Waals surface area contributed by atoms with Gasteiger partial charge < -0.3 is 9.73 Å². The molecule has 2 heterocycles.